The van der Waals surface area contributed by atoms with Gasteiger partial charge in [-0.2, -0.15) is 0 Å². The molecule has 0 aromatic heterocycles. The van der Waals surface area contributed by atoms with Gasteiger partial charge in [-0.3, -0.25) is 10.1 Å². The maximum Gasteiger partial charge on any atom is 0.256 e. The lowest BCUT2D eigenvalue weighted by molar-refractivity contribution is 0.0926. The molecule has 1 amide bonds. The SMILES string of the molecule is COc1ccccc1C(=O)NC(NCc1ccccc1)C(Cl)(Cl)Cl. The predicted molar refractivity (Wildman–Crippen MR) is 97.8 cm³/mol. The number of hydrogen-bond donors (Lipinski definition) is 2. The zero-order valence-electron chi connectivity index (χ0n) is 12.9. The fraction of sp³-hybridized carbons (Fsp3) is 0.235. The minimum Gasteiger partial charge on any atom is -0.496 e. The fourth-order valence-electron chi connectivity index (χ4n) is 2.11. The monoisotopic (exact) mass is 386 g/mol. The first-order valence-corrected chi connectivity index (χ1v) is 8.33. The van der Waals surface area contributed by atoms with E-state index in [1.165, 1.54) is 7.11 Å². The van der Waals surface area contributed by atoms with Crippen molar-refractivity contribution in [3.63, 3.8) is 0 Å². The van der Waals surface area contributed by atoms with E-state index in [1.54, 1.807) is 24.3 Å². The number of carbonyl (C=O) groups excluding carboxylic acids is 1. The van der Waals surface area contributed by atoms with Gasteiger partial charge < -0.3 is 10.1 Å². The van der Waals surface area contributed by atoms with E-state index in [4.69, 9.17) is 39.5 Å². The molecule has 0 spiro atoms. The molecule has 0 saturated carbocycles. The average molecular weight is 388 g/mol. The Bertz CT molecular complexity index is 675. The Morgan fingerprint density at radius 3 is 2.33 bits per heavy atom. The Hall–Kier alpha value is -1.46. The fourth-order valence-corrected chi connectivity index (χ4v) is 2.50. The van der Waals surface area contributed by atoms with Crippen LogP contribution in [0.15, 0.2) is 54.6 Å². The van der Waals surface area contributed by atoms with Crippen LogP contribution in [-0.2, 0) is 6.54 Å². The summed E-state index contributed by atoms with van der Waals surface area (Å²) in [5.41, 5.74) is 1.36. The Morgan fingerprint density at radius 1 is 1.08 bits per heavy atom. The molecule has 1 unspecified atom stereocenters. The highest BCUT2D eigenvalue weighted by molar-refractivity contribution is 6.68. The van der Waals surface area contributed by atoms with E-state index in [-0.39, 0.29) is 0 Å². The molecule has 0 aliphatic heterocycles. The predicted octanol–water partition coefficient (Wildman–Crippen LogP) is 3.91. The molecule has 4 nitrogen and oxygen atoms in total. The normalized spacial score (nSPS) is 12.5. The Balaban J connectivity index is 2.10. The highest BCUT2D eigenvalue weighted by atomic mass is 35.6. The van der Waals surface area contributed by atoms with Crippen molar-refractivity contribution in [1.82, 2.24) is 10.6 Å². The van der Waals surface area contributed by atoms with Gasteiger partial charge in [-0.15, -0.1) is 0 Å². The van der Waals surface area contributed by atoms with Gasteiger partial charge in [0, 0.05) is 6.54 Å². The number of nitrogens with one attached hydrogen (secondary N) is 2. The lowest BCUT2D eigenvalue weighted by atomic mass is 10.2. The molecule has 7 heteroatoms. The molecule has 0 saturated heterocycles. The van der Waals surface area contributed by atoms with Crippen molar-refractivity contribution < 1.29 is 9.53 Å². The van der Waals surface area contributed by atoms with Crippen molar-refractivity contribution in [1.29, 1.82) is 0 Å². The van der Waals surface area contributed by atoms with E-state index in [2.05, 4.69) is 10.6 Å². The maximum atomic E-state index is 12.5. The Morgan fingerprint density at radius 2 is 1.71 bits per heavy atom. The van der Waals surface area contributed by atoms with Gasteiger partial charge in [0.15, 0.2) is 0 Å². The second-order valence-electron chi connectivity index (χ2n) is 5.01. The van der Waals surface area contributed by atoms with Crippen LogP contribution in [0.25, 0.3) is 0 Å². The van der Waals surface area contributed by atoms with E-state index in [1.807, 2.05) is 30.3 Å². The first-order chi connectivity index (χ1) is 11.4. The number of para-hydroxylation sites is 1. The van der Waals surface area contributed by atoms with E-state index >= 15 is 0 Å². The van der Waals surface area contributed by atoms with Gasteiger partial charge in [0.05, 0.1) is 12.7 Å². The molecule has 1 atom stereocenters. The summed E-state index contributed by atoms with van der Waals surface area (Å²) in [6, 6.07) is 16.4. The Labute approximate surface area is 156 Å². The summed E-state index contributed by atoms with van der Waals surface area (Å²) in [6.07, 6.45) is -0.875. The van der Waals surface area contributed by atoms with Crippen molar-refractivity contribution >= 4 is 40.7 Å². The van der Waals surface area contributed by atoms with Crippen LogP contribution in [0, 0.1) is 0 Å². The summed E-state index contributed by atoms with van der Waals surface area (Å²) in [5, 5.41) is 5.74. The maximum absolute atomic E-state index is 12.5. The van der Waals surface area contributed by atoms with Gasteiger partial charge in [0.1, 0.15) is 11.9 Å². The second-order valence-corrected chi connectivity index (χ2v) is 7.38. The largest absolute Gasteiger partial charge is 0.496 e. The lowest BCUT2D eigenvalue weighted by Gasteiger charge is -2.27. The summed E-state index contributed by atoms with van der Waals surface area (Å²) in [4.78, 5) is 12.5. The number of benzene rings is 2. The van der Waals surface area contributed by atoms with Crippen LogP contribution >= 0.6 is 34.8 Å². The summed E-state index contributed by atoms with van der Waals surface area (Å²) < 4.78 is 3.47. The van der Waals surface area contributed by atoms with Gasteiger partial charge in [-0.25, -0.2) is 0 Å². The second kappa shape index (κ2) is 8.58. The summed E-state index contributed by atoms with van der Waals surface area (Å²) in [5.74, 6) is 0.0467. The molecular formula is C17H17Cl3N2O2. The van der Waals surface area contributed by atoms with Gasteiger partial charge >= 0.3 is 0 Å². The lowest BCUT2D eigenvalue weighted by Crippen LogP contribution is -2.53. The average Bonchev–Trinajstić information content (AvgIpc) is 2.58. The minimum atomic E-state index is -1.72. The molecule has 0 bridgehead atoms. The quantitative estimate of drug-likeness (QED) is 0.583. The zero-order chi connectivity index (χ0) is 17.6. The van der Waals surface area contributed by atoms with Crippen LogP contribution in [0.2, 0.25) is 0 Å². The van der Waals surface area contributed by atoms with Crippen LogP contribution in [0.5, 0.6) is 5.75 Å². The topological polar surface area (TPSA) is 50.4 Å². The van der Waals surface area contributed by atoms with Gasteiger partial charge in [-0.1, -0.05) is 77.3 Å². The zero-order valence-corrected chi connectivity index (χ0v) is 15.2. The molecular weight excluding hydrogens is 371 g/mol. The third kappa shape index (κ3) is 5.28. The van der Waals surface area contributed by atoms with Gasteiger partial charge in [0.25, 0.3) is 5.91 Å². The minimum absolute atomic E-state index is 0.362. The summed E-state index contributed by atoms with van der Waals surface area (Å²) in [7, 11) is 1.49. The van der Waals surface area contributed by atoms with Crippen LogP contribution in [0.3, 0.4) is 0 Å². The molecule has 0 fully saturated rings. The highest BCUT2D eigenvalue weighted by Gasteiger charge is 2.34. The van der Waals surface area contributed by atoms with Crippen molar-refractivity contribution in [2.45, 2.75) is 16.5 Å². The van der Waals surface area contributed by atoms with E-state index in [0.717, 1.165) is 5.56 Å². The first kappa shape index (κ1) is 18.9. The molecule has 2 aromatic carbocycles. The van der Waals surface area contributed by atoms with Crippen molar-refractivity contribution in [3.05, 3.63) is 65.7 Å². The van der Waals surface area contributed by atoms with Crippen molar-refractivity contribution in [3.8, 4) is 5.75 Å². The molecule has 0 radical (unpaired) electrons. The van der Waals surface area contributed by atoms with Crippen LogP contribution in [0.1, 0.15) is 15.9 Å². The molecule has 2 rings (SSSR count). The van der Waals surface area contributed by atoms with E-state index < -0.39 is 15.9 Å². The van der Waals surface area contributed by atoms with Crippen LogP contribution in [0.4, 0.5) is 0 Å². The molecule has 24 heavy (non-hydrogen) atoms. The first-order valence-electron chi connectivity index (χ1n) is 7.19. The van der Waals surface area contributed by atoms with Crippen molar-refractivity contribution in [2.75, 3.05) is 7.11 Å². The number of ether oxygens (including phenoxy) is 1. The number of hydrogen-bond acceptors (Lipinski definition) is 3. The molecule has 0 aliphatic rings. The third-order valence-corrected chi connectivity index (χ3v) is 3.96. The van der Waals surface area contributed by atoms with E-state index in [0.29, 0.717) is 17.9 Å². The number of alkyl halides is 3. The van der Waals surface area contributed by atoms with Crippen LogP contribution < -0.4 is 15.4 Å². The number of methoxy groups -OCH3 is 1. The number of amides is 1. The number of carbonyl (C=O) groups is 1. The summed E-state index contributed by atoms with van der Waals surface area (Å²) in [6.45, 7) is 0.436. The third-order valence-electron chi connectivity index (χ3n) is 3.31. The molecule has 128 valence electrons. The molecule has 0 heterocycles. The molecule has 2 aromatic rings. The van der Waals surface area contributed by atoms with E-state index in [9.17, 15) is 4.79 Å². The smallest absolute Gasteiger partial charge is 0.256 e. The van der Waals surface area contributed by atoms with Gasteiger partial charge in [-0.05, 0) is 17.7 Å². The van der Waals surface area contributed by atoms with Gasteiger partial charge in [0.2, 0.25) is 3.79 Å². The van der Waals surface area contributed by atoms with Crippen LogP contribution in [-0.4, -0.2) is 23.0 Å². The molecule has 2 N–H and O–H groups in total. The highest BCUT2D eigenvalue weighted by Crippen LogP contribution is 2.30. The number of rotatable bonds is 6. The standard InChI is InChI=1S/C17H17Cl3N2O2/c1-24-14-10-6-5-9-13(14)15(23)22-16(17(18,19)20)21-11-12-7-3-2-4-8-12/h2-10,16,21H,11H2,1H3,(H,22,23). The summed E-state index contributed by atoms with van der Waals surface area (Å²) >= 11 is 18.0. The molecule has 0 aliphatic carbocycles. The number of halogens is 3. The Kier molecular flexibility index (Phi) is 6.75. The van der Waals surface area contributed by atoms with Crippen molar-refractivity contribution in [2.24, 2.45) is 0 Å².